The van der Waals surface area contributed by atoms with Crippen LogP contribution in [0, 0.1) is 0 Å². The van der Waals surface area contributed by atoms with Gasteiger partial charge in [-0.25, -0.2) is 0 Å². The molecule has 0 N–H and O–H groups in total. The van der Waals surface area contributed by atoms with Gasteiger partial charge >= 0.3 is 5.97 Å². The molecule has 1 aromatic rings. The minimum absolute atomic E-state index is 0.0311. The first-order chi connectivity index (χ1) is 12.4. The maximum absolute atomic E-state index is 12.8. The van der Waals surface area contributed by atoms with E-state index in [2.05, 4.69) is 30.9 Å². The third kappa shape index (κ3) is 3.28. The Kier molecular flexibility index (Phi) is 5.19. The van der Waals surface area contributed by atoms with Gasteiger partial charge in [0, 0.05) is 29.9 Å². The van der Waals surface area contributed by atoms with E-state index in [1.165, 1.54) is 12.7 Å². The van der Waals surface area contributed by atoms with E-state index >= 15 is 0 Å². The summed E-state index contributed by atoms with van der Waals surface area (Å²) in [5, 5.41) is 0. The van der Waals surface area contributed by atoms with Crippen LogP contribution in [0.4, 0.5) is 5.69 Å². The van der Waals surface area contributed by atoms with Crippen LogP contribution in [0.5, 0.6) is 0 Å². The van der Waals surface area contributed by atoms with Crippen molar-refractivity contribution in [3.05, 3.63) is 41.6 Å². The first-order valence-electron chi connectivity index (χ1n) is 9.26. The number of benzene rings is 1. The molecule has 1 fully saturated rings. The highest BCUT2D eigenvalue weighted by Crippen LogP contribution is 2.46. The number of fused-ring (bicyclic) bond motifs is 1. The number of likely N-dealkylation sites (N-methyl/N-ethyl adjacent to an activating group) is 1. The number of piperidine rings is 1. The standard InChI is InChI=1S/C21H28N2O3/c1-21(2)16-9-5-6-10-17(16)22(3)19(21)13-15(24)14-23-12-8-7-11-18(23)20(25)26-4/h5-6,9-10,13,18H,7-8,11-12,14H2,1-4H3/b19-13+. The van der Waals surface area contributed by atoms with E-state index < -0.39 is 0 Å². The van der Waals surface area contributed by atoms with Crippen LogP contribution in [0.3, 0.4) is 0 Å². The van der Waals surface area contributed by atoms with Gasteiger partial charge in [0.1, 0.15) is 6.04 Å². The van der Waals surface area contributed by atoms with Crippen molar-refractivity contribution < 1.29 is 14.3 Å². The average molecular weight is 356 g/mol. The summed E-state index contributed by atoms with van der Waals surface area (Å²) >= 11 is 0. The van der Waals surface area contributed by atoms with Crippen molar-refractivity contribution >= 4 is 17.4 Å². The second kappa shape index (κ2) is 7.23. The molecule has 5 heteroatoms. The molecule has 1 unspecified atom stereocenters. The van der Waals surface area contributed by atoms with Crippen molar-refractivity contribution in [1.82, 2.24) is 4.90 Å². The number of esters is 1. The minimum Gasteiger partial charge on any atom is -0.468 e. The Morgan fingerprint density at radius 3 is 2.69 bits per heavy atom. The lowest BCUT2D eigenvalue weighted by atomic mass is 9.83. The van der Waals surface area contributed by atoms with Gasteiger partial charge < -0.3 is 9.64 Å². The largest absolute Gasteiger partial charge is 0.468 e. The zero-order chi connectivity index (χ0) is 18.9. The van der Waals surface area contributed by atoms with Crippen LogP contribution in [0.25, 0.3) is 0 Å². The first kappa shape index (κ1) is 18.6. The molecule has 0 aliphatic carbocycles. The summed E-state index contributed by atoms with van der Waals surface area (Å²) in [6.07, 6.45) is 4.51. The van der Waals surface area contributed by atoms with E-state index in [-0.39, 0.29) is 29.8 Å². The summed E-state index contributed by atoms with van der Waals surface area (Å²) < 4.78 is 4.91. The summed E-state index contributed by atoms with van der Waals surface area (Å²) in [6, 6.07) is 7.95. The molecule has 2 aliphatic rings. The quantitative estimate of drug-likeness (QED) is 0.613. The van der Waals surface area contributed by atoms with Crippen molar-refractivity contribution in [2.45, 2.75) is 44.6 Å². The number of rotatable bonds is 4. The molecular weight excluding hydrogens is 328 g/mol. The summed E-state index contributed by atoms with van der Waals surface area (Å²) in [5.41, 5.74) is 3.15. The predicted molar refractivity (Wildman–Crippen MR) is 102 cm³/mol. The summed E-state index contributed by atoms with van der Waals surface area (Å²) in [6.45, 7) is 5.30. The number of methoxy groups -OCH3 is 1. The Morgan fingerprint density at radius 1 is 1.27 bits per heavy atom. The molecule has 0 amide bonds. The highest BCUT2D eigenvalue weighted by molar-refractivity contribution is 5.94. The second-order valence-corrected chi connectivity index (χ2v) is 7.70. The third-order valence-electron chi connectivity index (χ3n) is 5.68. The zero-order valence-electron chi connectivity index (χ0n) is 16.1. The Bertz CT molecular complexity index is 739. The maximum Gasteiger partial charge on any atom is 0.323 e. The van der Waals surface area contributed by atoms with Gasteiger partial charge in [0.05, 0.1) is 13.7 Å². The van der Waals surface area contributed by atoms with E-state index in [4.69, 9.17) is 4.74 Å². The molecule has 0 aromatic heterocycles. The minimum atomic E-state index is -0.303. The average Bonchev–Trinajstić information content (AvgIpc) is 2.83. The van der Waals surface area contributed by atoms with Gasteiger partial charge in [-0.3, -0.25) is 14.5 Å². The number of ether oxygens (including phenoxy) is 1. The molecule has 1 aromatic carbocycles. The predicted octanol–water partition coefficient (Wildman–Crippen LogP) is 2.89. The Morgan fingerprint density at radius 2 is 2.00 bits per heavy atom. The maximum atomic E-state index is 12.8. The molecule has 2 heterocycles. The van der Waals surface area contributed by atoms with Crippen LogP contribution >= 0.6 is 0 Å². The fourth-order valence-corrected chi connectivity index (χ4v) is 4.24. The normalized spacial score (nSPS) is 23.8. The number of allylic oxidation sites excluding steroid dienone is 1. The molecule has 0 saturated carbocycles. The molecule has 26 heavy (non-hydrogen) atoms. The van der Waals surface area contributed by atoms with Crippen LogP contribution in [-0.4, -0.2) is 49.9 Å². The smallest absolute Gasteiger partial charge is 0.323 e. The number of likely N-dealkylation sites (tertiary alicyclic amines) is 1. The number of carbonyl (C=O) groups is 2. The summed E-state index contributed by atoms with van der Waals surface area (Å²) in [4.78, 5) is 28.9. The Labute approximate surface area is 155 Å². The number of carbonyl (C=O) groups excluding carboxylic acids is 2. The van der Waals surface area contributed by atoms with Gasteiger partial charge in [0.15, 0.2) is 5.78 Å². The van der Waals surface area contributed by atoms with E-state index in [0.29, 0.717) is 0 Å². The van der Waals surface area contributed by atoms with E-state index in [1.54, 1.807) is 6.08 Å². The van der Waals surface area contributed by atoms with Crippen LogP contribution in [0.2, 0.25) is 0 Å². The molecular formula is C21H28N2O3. The monoisotopic (exact) mass is 356 g/mol. The van der Waals surface area contributed by atoms with Crippen molar-refractivity contribution in [2.75, 3.05) is 32.1 Å². The molecule has 5 nitrogen and oxygen atoms in total. The fraction of sp³-hybridized carbons (Fsp3) is 0.524. The van der Waals surface area contributed by atoms with Gasteiger partial charge in [0.2, 0.25) is 0 Å². The van der Waals surface area contributed by atoms with Crippen LogP contribution in [0.15, 0.2) is 36.0 Å². The lowest BCUT2D eigenvalue weighted by Gasteiger charge is -2.33. The molecule has 3 rings (SSSR count). The fourth-order valence-electron chi connectivity index (χ4n) is 4.24. The Balaban J connectivity index is 1.80. The second-order valence-electron chi connectivity index (χ2n) is 7.70. The lowest BCUT2D eigenvalue weighted by Crippen LogP contribution is -2.47. The van der Waals surface area contributed by atoms with E-state index in [0.717, 1.165) is 37.2 Å². The van der Waals surface area contributed by atoms with Crippen molar-refractivity contribution in [2.24, 2.45) is 0 Å². The van der Waals surface area contributed by atoms with E-state index in [9.17, 15) is 9.59 Å². The first-order valence-corrected chi connectivity index (χ1v) is 9.26. The Hall–Kier alpha value is -2.14. The van der Waals surface area contributed by atoms with Crippen LogP contribution < -0.4 is 4.90 Å². The number of para-hydroxylation sites is 1. The van der Waals surface area contributed by atoms with Gasteiger partial charge in [-0.1, -0.05) is 38.5 Å². The van der Waals surface area contributed by atoms with Crippen molar-refractivity contribution in [3.8, 4) is 0 Å². The van der Waals surface area contributed by atoms with Crippen molar-refractivity contribution in [1.29, 1.82) is 0 Å². The summed E-state index contributed by atoms with van der Waals surface area (Å²) in [7, 11) is 3.41. The number of nitrogens with zero attached hydrogens (tertiary/aromatic N) is 2. The molecule has 1 atom stereocenters. The molecule has 0 radical (unpaired) electrons. The van der Waals surface area contributed by atoms with Gasteiger partial charge in [-0.2, -0.15) is 0 Å². The number of hydrogen-bond donors (Lipinski definition) is 0. The topological polar surface area (TPSA) is 49.9 Å². The van der Waals surface area contributed by atoms with Crippen LogP contribution in [0.1, 0.15) is 38.7 Å². The zero-order valence-corrected chi connectivity index (χ0v) is 16.1. The van der Waals surface area contributed by atoms with Gasteiger partial charge in [-0.05, 0) is 31.0 Å². The highest BCUT2D eigenvalue weighted by Gasteiger charge is 2.39. The van der Waals surface area contributed by atoms with Gasteiger partial charge in [-0.15, -0.1) is 0 Å². The van der Waals surface area contributed by atoms with E-state index in [1.807, 2.05) is 24.1 Å². The molecule has 0 bridgehead atoms. The SMILES string of the molecule is COC(=O)C1CCCCN1CC(=O)/C=C1/N(C)c2ccccc2C1(C)C. The number of hydrogen-bond acceptors (Lipinski definition) is 5. The molecule has 0 spiro atoms. The van der Waals surface area contributed by atoms with Crippen molar-refractivity contribution in [3.63, 3.8) is 0 Å². The van der Waals surface area contributed by atoms with Crippen LogP contribution in [-0.2, 0) is 19.7 Å². The lowest BCUT2D eigenvalue weighted by molar-refractivity contribution is -0.148. The molecule has 1 saturated heterocycles. The molecule has 2 aliphatic heterocycles. The third-order valence-corrected chi connectivity index (χ3v) is 5.68. The summed E-state index contributed by atoms with van der Waals surface area (Å²) in [5.74, 6) is -0.209. The highest BCUT2D eigenvalue weighted by atomic mass is 16.5. The number of anilines is 1. The molecule has 140 valence electrons. The number of ketones is 1. The van der Waals surface area contributed by atoms with Gasteiger partial charge in [0.25, 0.3) is 0 Å².